The van der Waals surface area contributed by atoms with Gasteiger partial charge in [-0.05, 0) is 30.2 Å². The van der Waals surface area contributed by atoms with Crippen molar-refractivity contribution in [3.8, 4) is 0 Å². The van der Waals surface area contributed by atoms with Gasteiger partial charge < -0.3 is 10.8 Å². The minimum atomic E-state index is -1.13. The van der Waals surface area contributed by atoms with Gasteiger partial charge in [0, 0.05) is 6.54 Å². The first-order valence-electron chi connectivity index (χ1n) is 4.46. The van der Waals surface area contributed by atoms with Crippen molar-refractivity contribution in [3.05, 3.63) is 40.7 Å². The van der Waals surface area contributed by atoms with E-state index in [4.69, 9.17) is 10.8 Å². The molecular weight excluding hydrogens is 197 g/mol. The normalized spacial score (nSPS) is 10.9. The molecule has 0 aliphatic rings. The zero-order chi connectivity index (χ0) is 11.4. The van der Waals surface area contributed by atoms with E-state index in [0.29, 0.717) is 12.1 Å². The summed E-state index contributed by atoms with van der Waals surface area (Å²) >= 11 is 0. The van der Waals surface area contributed by atoms with Crippen LogP contribution in [-0.4, -0.2) is 17.6 Å². The molecule has 15 heavy (non-hydrogen) atoms. The summed E-state index contributed by atoms with van der Waals surface area (Å²) in [6, 6.07) is 2.71. The molecule has 3 N–H and O–H groups in total. The molecule has 0 spiro atoms. The fourth-order valence-corrected chi connectivity index (χ4v) is 1.22. The molecule has 1 aromatic rings. The molecular formula is C11H12FNO2. The van der Waals surface area contributed by atoms with E-state index in [2.05, 4.69) is 0 Å². The molecule has 0 bridgehead atoms. The maximum Gasteiger partial charge on any atom is 0.336 e. The summed E-state index contributed by atoms with van der Waals surface area (Å²) in [6.45, 7) is 1.77. The van der Waals surface area contributed by atoms with Gasteiger partial charge >= 0.3 is 5.97 Å². The summed E-state index contributed by atoms with van der Waals surface area (Å²) in [5, 5.41) is 8.82. The molecule has 0 fully saturated rings. The summed E-state index contributed by atoms with van der Waals surface area (Å²) in [5.74, 6) is -1.65. The van der Waals surface area contributed by atoms with Gasteiger partial charge in [-0.3, -0.25) is 0 Å². The van der Waals surface area contributed by atoms with Crippen LogP contribution in [0, 0.1) is 12.7 Å². The van der Waals surface area contributed by atoms with Gasteiger partial charge in [-0.25, -0.2) is 9.18 Å². The monoisotopic (exact) mass is 209 g/mol. The average molecular weight is 209 g/mol. The first-order valence-corrected chi connectivity index (χ1v) is 4.46. The van der Waals surface area contributed by atoms with Crippen LogP contribution in [0.25, 0.3) is 6.08 Å². The van der Waals surface area contributed by atoms with E-state index in [9.17, 15) is 9.18 Å². The molecule has 0 aliphatic heterocycles. The number of hydrogen-bond acceptors (Lipinski definition) is 2. The topological polar surface area (TPSA) is 63.3 Å². The number of hydrogen-bond donors (Lipinski definition) is 2. The van der Waals surface area contributed by atoms with E-state index in [0.717, 1.165) is 0 Å². The fourth-order valence-electron chi connectivity index (χ4n) is 1.22. The van der Waals surface area contributed by atoms with E-state index in [1.807, 2.05) is 0 Å². The Hall–Kier alpha value is -1.68. The van der Waals surface area contributed by atoms with Crippen LogP contribution in [-0.2, 0) is 0 Å². The number of carbonyl (C=O) groups is 1. The molecule has 1 rings (SSSR count). The summed E-state index contributed by atoms with van der Waals surface area (Å²) in [6.07, 6.45) is 3.23. The lowest BCUT2D eigenvalue weighted by atomic mass is 10.0. The van der Waals surface area contributed by atoms with Crippen molar-refractivity contribution in [2.75, 3.05) is 6.54 Å². The SMILES string of the molecule is Cc1c(F)cc(/C=C/CN)cc1C(=O)O. The van der Waals surface area contributed by atoms with E-state index in [1.165, 1.54) is 19.1 Å². The molecule has 0 saturated heterocycles. The third kappa shape index (κ3) is 2.63. The van der Waals surface area contributed by atoms with Gasteiger partial charge in [0.2, 0.25) is 0 Å². The van der Waals surface area contributed by atoms with Crippen molar-refractivity contribution in [2.45, 2.75) is 6.92 Å². The molecule has 0 unspecified atom stereocenters. The second kappa shape index (κ2) is 4.70. The highest BCUT2D eigenvalue weighted by Crippen LogP contribution is 2.16. The number of halogens is 1. The quantitative estimate of drug-likeness (QED) is 0.797. The molecule has 0 heterocycles. The van der Waals surface area contributed by atoms with Crippen molar-refractivity contribution in [1.29, 1.82) is 0 Å². The van der Waals surface area contributed by atoms with Gasteiger partial charge in [-0.15, -0.1) is 0 Å². The zero-order valence-corrected chi connectivity index (χ0v) is 8.33. The first kappa shape index (κ1) is 11.4. The Morgan fingerprint density at radius 2 is 2.27 bits per heavy atom. The Bertz CT molecular complexity index is 413. The van der Waals surface area contributed by atoms with Crippen molar-refractivity contribution in [3.63, 3.8) is 0 Å². The first-order chi connectivity index (χ1) is 7.06. The number of rotatable bonds is 3. The maximum absolute atomic E-state index is 13.3. The molecule has 0 amide bonds. The van der Waals surface area contributed by atoms with Gasteiger partial charge in [-0.2, -0.15) is 0 Å². The van der Waals surface area contributed by atoms with Crippen LogP contribution >= 0.6 is 0 Å². The summed E-state index contributed by atoms with van der Waals surface area (Å²) in [5.41, 5.74) is 5.87. The van der Waals surface area contributed by atoms with E-state index >= 15 is 0 Å². The standard InChI is InChI=1S/C11H12FNO2/c1-7-9(11(14)15)5-8(3-2-4-13)6-10(7)12/h2-3,5-6H,4,13H2,1H3,(H,14,15)/b3-2+. The lowest BCUT2D eigenvalue weighted by Crippen LogP contribution is -2.02. The van der Waals surface area contributed by atoms with Gasteiger partial charge in [0.05, 0.1) is 5.56 Å². The number of benzene rings is 1. The Labute approximate surface area is 87.0 Å². The highest BCUT2D eigenvalue weighted by Gasteiger charge is 2.11. The Kier molecular flexibility index (Phi) is 3.57. The molecule has 1 aromatic carbocycles. The van der Waals surface area contributed by atoms with Crippen LogP contribution in [0.15, 0.2) is 18.2 Å². The van der Waals surface area contributed by atoms with Gasteiger partial charge in [0.15, 0.2) is 0 Å². The van der Waals surface area contributed by atoms with Crippen LogP contribution in [0.5, 0.6) is 0 Å². The van der Waals surface area contributed by atoms with Gasteiger partial charge in [0.25, 0.3) is 0 Å². The minimum absolute atomic E-state index is 0.0216. The van der Waals surface area contributed by atoms with E-state index in [-0.39, 0.29) is 11.1 Å². The number of aromatic carboxylic acids is 1. The maximum atomic E-state index is 13.3. The highest BCUT2D eigenvalue weighted by molar-refractivity contribution is 5.90. The van der Waals surface area contributed by atoms with Gasteiger partial charge in [-0.1, -0.05) is 12.2 Å². The average Bonchev–Trinajstić information content (AvgIpc) is 2.19. The van der Waals surface area contributed by atoms with Crippen LogP contribution < -0.4 is 5.73 Å². The minimum Gasteiger partial charge on any atom is -0.478 e. The Morgan fingerprint density at radius 1 is 1.60 bits per heavy atom. The molecule has 0 aliphatic carbocycles. The van der Waals surface area contributed by atoms with E-state index in [1.54, 1.807) is 12.2 Å². The number of carboxylic acids is 1. The Morgan fingerprint density at radius 3 is 2.80 bits per heavy atom. The predicted molar refractivity (Wildman–Crippen MR) is 56.2 cm³/mol. The predicted octanol–water partition coefficient (Wildman–Crippen LogP) is 1.80. The second-order valence-corrected chi connectivity index (χ2v) is 3.12. The smallest absolute Gasteiger partial charge is 0.336 e. The molecule has 3 nitrogen and oxygen atoms in total. The van der Waals surface area contributed by atoms with Crippen molar-refractivity contribution >= 4 is 12.0 Å². The Balaban J connectivity index is 3.23. The number of carboxylic acid groups (broad SMARTS) is 1. The zero-order valence-electron chi connectivity index (χ0n) is 8.33. The van der Waals surface area contributed by atoms with Gasteiger partial charge in [0.1, 0.15) is 5.82 Å². The van der Waals surface area contributed by atoms with Crippen molar-refractivity contribution < 1.29 is 14.3 Å². The molecule has 0 radical (unpaired) electrons. The van der Waals surface area contributed by atoms with Crippen molar-refractivity contribution in [1.82, 2.24) is 0 Å². The lowest BCUT2D eigenvalue weighted by molar-refractivity contribution is 0.0695. The fraction of sp³-hybridized carbons (Fsp3) is 0.182. The third-order valence-electron chi connectivity index (χ3n) is 2.04. The summed E-state index contributed by atoms with van der Waals surface area (Å²) < 4.78 is 13.3. The molecule has 0 aromatic heterocycles. The van der Waals surface area contributed by atoms with E-state index < -0.39 is 11.8 Å². The largest absolute Gasteiger partial charge is 0.478 e. The van der Waals surface area contributed by atoms with Crippen LogP contribution in [0.4, 0.5) is 4.39 Å². The molecule has 0 atom stereocenters. The molecule has 4 heteroatoms. The summed E-state index contributed by atoms with van der Waals surface area (Å²) in [4.78, 5) is 10.8. The van der Waals surface area contributed by atoms with Crippen LogP contribution in [0.3, 0.4) is 0 Å². The third-order valence-corrected chi connectivity index (χ3v) is 2.04. The van der Waals surface area contributed by atoms with Crippen LogP contribution in [0.2, 0.25) is 0 Å². The second-order valence-electron chi connectivity index (χ2n) is 3.12. The van der Waals surface area contributed by atoms with Crippen LogP contribution in [0.1, 0.15) is 21.5 Å². The number of nitrogens with two attached hydrogens (primary N) is 1. The summed E-state index contributed by atoms with van der Waals surface area (Å²) in [7, 11) is 0. The molecule has 0 saturated carbocycles. The molecule has 80 valence electrons. The lowest BCUT2D eigenvalue weighted by Gasteiger charge is -2.04. The van der Waals surface area contributed by atoms with Crippen molar-refractivity contribution in [2.24, 2.45) is 5.73 Å². The highest BCUT2D eigenvalue weighted by atomic mass is 19.1.